The van der Waals surface area contributed by atoms with Gasteiger partial charge in [-0.05, 0) is 19.1 Å². The molecule has 0 amide bonds. The molecule has 1 aromatic carbocycles. The van der Waals surface area contributed by atoms with E-state index in [0.29, 0.717) is 23.6 Å². The summed E-state index contributed by atoms with van der Waals surface area (Å²) in [6.07, 6.45) is 1.37. The van der Waals surface area contributed by atoms with Crippen molar-refractivity contribution in [1.29, 1.82) is 0 Å². The van der Waals surface area contributed by atoms with Gasteiger partial charge in [-0.15, -0.1) is 0 Å². The summed E-state index contributed by atoms with van der Waals surface area (Å²) in [5.41, 5.74) is 0.958. The maximum absolute atomic E-state index is 13.7. The summed E-state index contributed by atoms with van der Waals surface area (Å²) >= 11 is 0. The Balaban J connectivity index is 2.49. The molecule has 0 atom stereocenters. The zero-order valence-corrected chi connectivity index (χ0v) is 9.93. The molecule has 0 aliphatic rings. The van der Waals surface area contributed by atoms with Crippen LogP contribution in [-0.2, 0) is 17.8 Å². The molecule has 0 aliphatic heterocycles. The van der Waals surface area contributed by atoms with Crippen molar-refractivity contribution in [2.75, 3.05) is 0 Å². The van der Waals surface area contributed by atoms with Crippen LogP contribution in [0.5, 0.6) is 0 Å². The highest BCUT2D eigenvalue weighted by molar-refractivity contribution is 5.70. The summed E-state index contributed by atoms with van der Waals surface area (Å²) in [6.45, 7) is 2.42. The third kappa shape index (κ3) is 2.25. The second-order valence-corrected chi connectivity index (χ2v) is 3.87. The number of aromatic nitrogens is 2. The first kappa shape index (κ1) is 12.3. The molecule has 0 bridgehead atoms. The summed E-state index contributed by atoms with van der Waals surface area (Å²) in [5, 5.41) is 8.81. The van der Waals surface area contributed by atoms with Gasteiger partial charge in [-0.2, -0.15) is 0 Å². The van der Waals surface area contributed by atoms with E-state index in [9.17, 15) is 9.18 Å². The van der Waals surface area contributed by atoms with Crippen molar-refractivity contribution < 1.29 is 14.3 Å². The van der Waals surface area contributed by atoms with Gasteiger partial charge in [0.2, 0.25) is 0 Å². The SMILES string of the molecule is CCn1c(CC(=O)O)cnc1-c1ccccc1F. The first-order valence-electron chi connectivity index (χ1n) is 5.64. The number of aliphatic carboxylic acids is 1. The zero-order chi connectivity index (χ0) is 13.1. The first-order chi connectivity index (χ1) is 8.63. The minimum absolute atomic E-state index is 0.116. The Morgan fingerprint density at radius 2 is 2.17 bits per heavy atom. The topological polar surface area (TPSA) is 55.1 Å². The lowest BCUT2D eigenvalue weighted by molar-refractivity contribution is -0.136. The molecule has 0 fully saturated rings. The van der Waals surface area contributed by atoms with Crippen LogP contribution in [0.2, 0.25) is 0 Å². The second-order valence-electron chi connectivity index (χ2n) is 3.87. The molecule has 0 saturated heterocycles. The fraction of sp³-hybridized carbons (Fsp3) is 0.231. The van der Waals surface area contributed by atoms with Gasteiger partial charge in [-0.25, -0.2) is 9.37 Å². The van der Waals surface area contributed by atoms with E-state index in [1.54, 1.807) is 22.8 Å². The highest BCUT2D eigenvalue weighted by Crippen LogP contribution is 2.22. The molecule has 1 N–H and O–H groups in total. The van der Waals surface area contributed by atoms with Crippen molar-refractivity contribution in [2.45, 2.75) is 19.9 Å². The molecule has 2 rings (SSSR count). The van der Waals surface area contributed by atoms with Crippen LogP contribution in [0.4, 0.5) is 4.39 Å². The minimum atomic E-state index is -0.926. The third-order valence-corrected chi connectivity index (χ3v) is 2.70. The number of rotatable bonds is 4. The predicted molar refractivity (Wildman–Crippen MR) is 64.6 cm³/mol. The Kier molecular flexibility index (Phi) is 3.41. The van der Waals surface area contributed by atoms with Crippen molar-refractivity contribution in [2.24, 2.45) is 0 Å². The monoisotopic (exact) mass is 248 g/mol. The Bertz CT molecular complexity index is 578. The normalized spacial score (nSPS) is 10.6. The van der Waals surface area contributed by atoms with Gasteiger partial charge < -0.3 is 9.67 Å². The predicted octanol–water partition coefficient (Wildman–Crippen LogP) is 2.34. The van der Waals surface area contributed by atoms with Crippen LogP contribution in [0.3, 0.4) is 0 Å². The van der Waals surface area contributed by atoms with Crippen molar-refractivity contribution >= 4 is 5.97 Å². The summed E-state index contributed by atoms with van der Waals surface area (Å²) in [7, 11) is 0. The molecular weight excluding hydrogens is 235 g/mol. The van der Waals surface area contributed by atoms with E-state index in [2.05, 4.69) is 4.98 Å². The van der Waals surface area contributed by atoms with E-state index in [-0.39, 0.29) is 12.2 Å². The van der Waals surface area contributed by atoms with Crippen LogP contribution in [0, 0.1) is 5.82 Å². The number of imidazole rings is 1. The summed E-state index contributed by atoms with van der Waals surface area (Å²) in [6, 6.07) is 6.33. The second kappa shape index (κ2) is 5.00. The Morgan fingerprint density at radius 1 is 1.44 bits per heavy atom. The fourth-order valence-electron chi connectivity index (χ4n) is 1.92. The Morgan fingerprint density at radius 3 is 2.78 bits per heavy atom. The van der Waals surface area contributed by atoms with Gasteiger partial charge in [0.15, 0.2) is 0 Å². The lowest BCUT2D eigenvalue weighted by Crippen LogP contribution is -2.08. The average molecular weight is 248 g/mol. The van der Waals surface area contributed by atoms with Crippen molar-refractivity contribution in [3.63, 3.8) is 0 Å². The first-order valence-corrected chi connectivity index (χ1v) is 5.64. The van der Waals surface area contributed by atoms with Gasteiger partial charge in [0.25, 0.3) is 0 Å². The standard InChI is InChI=1S/C13H13FN2O2/c1-2-16-9(7-12(17)18)8-15-13(16)10-5-3-4-6-11(10)14/h3-6,8H,2,7H2,1H3,(H,17,18). The molecule has 1 heterocycles. The lowest BCUT2D eigenvalue weighted by Gasteiger charge is -2.08. The van der Waals surface area contributed by atoms with Crippen LogP contribution in [0.1, 0.15) is 12.6 Å². The van der Waals surface area contributed by atoms with Crippen LogP contribution in [0.15, 0.2) is 30.5 Å². The highest BCUT2D eigenvalue weighted by Gasteiger charge is 2.15. The number of carboxylic acid groups (broad SMARTS) is 1. The summed E-state index contributed by atoms with van der Waals surface area (Å²) in [4.78, 5) is 14.9. The molecule has 4 nitrogen and oxygen atoms in total. The zero-order valence-electron chi connectivity index (χ0n) is 9.93. The van der Waals surface area contributed by atoms with E-state index in [1.165, 1.54) is 12.3 Å². The van der Waals surface area contributed by atoms with Crippen LogP contribution in [0.25, 0.3) is 11.4 Å². The Labute approximate surface area is 104 Å². The molecule has 5 heteroatoms. The maximum atomic E-state index is 13.7. The number of carboxylic acids is 1. The quantitative estimate of drug-likeness (QED) is 0.903. The molecule has 2 aromatic rings. The third-order valence-electron chi connectivity index (χ3n) is 2.70. The van der Waals surface area contributed by atoms with Crippen molar-refractivity contribution in [1.82, 2.24) is 9.55 Å². The Hall–Kier alpha value is -2.17. The van der Waals surface area contributed by atoms with Crippen molar-refractivity contribution in [3.8, 4) is 11.4 Å². The molecule has 0 saturated carbocycles. The minimum Gasteiger partial charge on any atom is -0.481 e. The number of hydrogen-bond acceptors (Lipinski definition) is 2. The van der Waals surface area contributed by atoms with E-state index < -0.39 is 5.97 Å². The highest BCUT2D eigenvalue weighted by atomic mass is 19.1. The smallest absolute Gasteiger partial charge is 0.309 e. The van der Waals surface area contributed by atoms with E-state index in [0.717, 1.165) is 0 Å². The number of hydrogen-bond donors (Lipinski definition) is 1. The van der Waals surface area contributed by atoms with Gasteiger partial charge in [0.1, 0.15) is 11.6 Å². The maximum Gasteiger partial charge on any atom is 0.309 e. The van der Waals surface area contributed by atoms with E-state index >= 15 is 0 Å². The van der Waals surface area contributed by atoms with Gasteiger partial charge in [-0.3, -0.25) is 4.79 Å². The summed E-state index contributed by atoms with van der Waals surface area (Å²) < 4.78 is 15.4. The van der Waals surface area contributed by atoms with E-state index in [1.807, 2.05) is 6.92 Å². The van der Waals surface area contributed by atoms with Crippen LogP contribution < -0.4 is 0 Å². The molecule has 0 unspecified atom stereocenters. The average Bonchev–Trinajstić information content (AvgIpc) is 2.71. The molecule has 0 radical (unpaired) electrons. The number of carbonyl (C=O) groups is 1. The van der Waals surface area contributed by atoms with Crippen LogP contribution >= 0.6 is 0 Å². The van der Waals surface area contributed by atoms with Gasteiger partial charge in [-0.1, -0.05) is 12.1 Å². The van der Waals surface area contributed by atoms with Gasteiger partial charge in [0, 0.05) is 18.4 Å². The molecule has 1 aromatic heterocycles. The number of nitrogens with zero attached hydrogens (tertiary/aromatic N) is 2. The largest absolute Gasteiger partial charge is 0.481 e. The lowest BCUT2D eigenvalue weighted by atomic mass is 10.2. The molecule has 0 spiro atoms. The van der Waals surface area contributed by atoms with Crippen molar-refractivity contribution in [3.05, 3.63) is 42.0 Å². The molecular formula is C13H13FN2O2. The molecule has 94 valence electrons. The van der Waals surface area contributed by atoms with Gasteiger partial charge >= 0.3 is 5.97 Å². The molecule has 18 heavy (non-hydrogen) atoms. The number of benzene rings is 1. The van der Waals surface area contributed by atoms with Gasteiger partial charge in [0.05, 0.1) is 12.0 Å². The molecule has 0 aliphatic carbocycles. The number of halogens is 1. The van der Waals surface area contributed by atoms with Crippen LogP contribution in [-0.4, -0.2) is 20.6 Å². The summed E-state index contributed by atoms with van der Waals surface area (Å²) in [5.74, 6) is -0.823. The van der Waals surface area contributed by atoms with E-state index in [4.69, 9.17) is 5.11 Å². The fourth-order valence-corrected chi connectivity index (χ4v) is 1.92.